The van der Waals surface area contributed by atoms with Gasteiger partial charge >= 0.3 is 0 Å². The molecule has 1 rings (SSSR count). The Hall–Kier alpha value is -0.610. The normalized spacial score (nSPS) is 21.9. The number of hydrogen-bond donors (Lipinski definition) is 2. The number of ether oxygens (including phenoxy) is 1. The van der Waals surface area contributed by atoms with Crippen LogP contribution in [-0.4, -0.2) is 31.2 Å². The molecule has 0 aromatic heterocycles. The predicted molar refractivity (Wildman–Crippen MR) is 54.9 cm³/mol. The number of nitrogens with two attached hydrogens (primary N) is 1. The summed E-state index contributed by atoms with van der Waals surface area (Å²) < 4.78 is 4.84. The smallest absolute Gasteiger partial charge is 0.239 e. The molecule has 0 saturated heterocycles. The highest BCUT2D eigenvalue weighted by Crippen LogP contribution is 2.28. The molecule has 1 atom stereocenters. The zero-order valence-electron chi connectivity index (χ0n) is 9.01. The van der Waals surface area contributed by atoms with Gasteiger partial charge in [0.05, 0.1) is 6.61 Å². The third kappa shape index (κ3) is 2.96. The number of amides is 1. The molecular weight excluding hydrogens is 180 g/mol. The summed E-state index contributed by atoms with van der Waals surface area (Å²) in [6.45, 7) is 2.36. The van der Waals surface area contributed by atoms with Gasteiger partial charge in [0.15, 0.2) is 0 Å². The second kappa shape index (κ2) is 4.75. The number of carbonyl (C=O) groups is 1. The van der Waals surface area contributed by atoms with Crippen molar-refractivity contribution in [2.24, 2.45) is 5.73 Å². The van der Waals surface area contributed by atoms with Crippen LogP contribution in [0.25, 0.3) is 0 Å². The highest BCUT2D eigenvalue weighted by atomic mass is 16.5. The van der Waals surface area contributed by atoms with Gasteiger partial charge in [0.1, 0.15) is 6.04 Å². The second-order valence-electron chi connectivity index (χ2n) is 4.32. The standard InChI is InChI=1S/C10H20N2O2/c1-10(5-3-4-6-10)12-9(13)8(11)7-14-2/h8H,3-7,11H2,1-2H3,(H,12,13). The Bertz CT molecular complexity index is 200. The van der Waals surface area contributed by atoms with Gasteiger partial charge in [-0.1, -0.05) is 12.8 Å². The van der Waals surface area contributed by atoms with Gasteiger partial charge in [-0.25, -0.2) is 0 Å². The number of rotatable bonds is 4. The van der Waals surface area contributed by atoms with E-state index < -0.39 is 6.04 Å². The minimum Gasteiger partial charge on any atom is -0.383 e. The van der Waals surface area contributed by atoms with Crippen molar-refractivity contribution in [2.75, 3.05) is 13.7 Å². The van der Waals surface area contributed by atoms with Gasteiger partial charge in [0, 0.05) is 12.6 Å². The fraction of sp³-hybridized carbons (Fsp3) is 0.900. The first-order valence-corrected chi connectivity index (χ1v) is 5.14. The Kier molecular flexibility index (Phi) is 3.89. The van der Waals surface area contributed by atoms with Crippen LogP contribution in [0.2, 0.25) is 0 Å². The maximum absolute atomic E-state index is 11.6. The fourth-order valence-corrected chi connectivity index (χ4v) is 1.93. The Labute approximate surface area is 85.2 Å². The van der Waals surface area contributed by atoms with Crippen LogP contribution in [0.3, 0.4) is 0 Å². The third-order valence-corrected chi connectivity index (χ3v) is 2.82. The summed E-state index contributed by atoms with van der Waals surface area (Å²) >= 11 is 0. The highest BCUT2D eigenvalue weighted by Gasteiger charge is 2.31. The largest absolute Gasteiger partial charge is 0.383 e. The molecule has 1 saturated carbocycles. The highest BCUT2D eigenvalue weighted by molar-refractivity contribution is 5.82. The lowest BCUT2D eigenvalue weighted by Crippen LogP contribution is -2.52. The molecule has 4 heteroatoms. The Morgan fingerprint density at radius 2 is 2.14 bits per heavy atom. The van der Waals surface area contributed by atoms with Crippen LogP contribution >= 0.6 is 0 Å². The van der Waals surface area contributed by atoms with Gasteiger partial charge < -0.3 is 15.8 Å². The number of nitrogens with one attached hydrogen (secondary N) is 1. The van der Waals surface area contributed by atoms with Crippen molar-refractivity contribution in [3.05, 3.63) is 0 Å². The van der Waals surface area contributed by atoms with E-state index in [-0.39, 0.29) is 18.1 Å². The van der Waals surface area contributed by atoms with Crippen LogP contribution in [0.15, 0.2) is 0 Å². The van der Waals surface area contributed by atoms with E-state index in [1.165, 1.54) is 12.8 Å². The van der Waals surface area contributed by atoms with Gasteiger partial charge in [-0.2, -0.15) is 0 Å². The summed E-state index contributed by atoms with van der Waals surface area (Å²) in [5.74, 6) is -0.101. The summed E-state index contributed by atoms with van der Waals surface area (Å²) in [5.41, 5.74) is 5.59. The van der Waals surface area contributed by atoms with E-state index >= 15 is 0 Å². The van der Waals surface area contributed by atoms with E-state index in [1.54, 1.807) is 7.11 Å². The SMILES string of the molecule is COCC(N)C(=O)NC1(C)CCCC1. The van der Waals surface area contributed by atoms with Gasteiger partial charge in [-0.05, 0) is 19.8 Å². The Balaban J connectivity index is 2.39. The third-order valence-electron chi connectivity index (χ3n) is 2.82. The monoisotopic (exact) mass is 200 g/mol. The average molecular weight is 200 g/mol. The number of carbonyl (C=O) groups excluding carboxylic acids is 1. The lowest BCUT2D eigenvalue weighted by molar-refractivity contribution is -0.125. The molecule has 1 aliphatic carbocycles. The minimum atomic E-state index is -0.544. The summed E-state index contributed by atoms with van der Waals surface area (Å²) in [5, 5.41) is 3.00. The maximum Gasteiger partial charge on any atom is 0.239 e. The molecule has 0 aromatic rings. The van der Waals surface area contributed by atoms with E-state index in [1.807, 2.05) is 0 Å². The molecule has 0 aromatic carbocycles. The van der Waals surface area contributed by atoms with Crippen molar-refractivity contribution in [3.8, 4) is 0 Å². The van der Waals surface area contributed by atoms with Crippen LogP contribution in [-0.2, 0) is 9.53 Å². The van der Waals surface area contributed by atoms with E-state index in [0.29, 0.717) is 0 Å². The molecule has 0 aliphatic heterocycles. The van der Waals surface area contributed by atoms with Crippen molar-refractivity contribution >= 4 is 5.91 Å². The first-order valence-electron chi connectivity index (χ1n) is 5.14. The summed E-state index contributed by atoms with van der Waals surface area (Å²) in [7, 11) is 1.55. The summed E-state index contributed by atoms with van der Waals surface area (Å²) in [4.78, 5) is 11.6. The number of hydrogen-bond acceptors (Lipinski definition) is 3. The van der Waals surface area contributed by atoms with E-state index in [9.17, 15) is 4.79 Å². The predicted octanol–water partition coefficient (Wildman–Crippen LogP) is 0.409. The molecule has 0 bridgehead atoms. The lowest BCUT2D eigenvalue weighted by Gasteiger charge is -2.26. The van der Waals surface area contributed by atoms with Crippen LogP contribution in [0.1, 0.15) is 32.6 Å². The zero-order chi connectivity index (χ0) is 10.6. The van der Waals surface area contributed by atoms with Gasteiger partial charge in [-0.15, -0.1) is 0 Å². The molecule has 14 heavy (non-hydrogen) atoms. The molecule has 1 amide bonds. The molecular formula is C10H20N2O2. The van der Waals surface area contributed by atoms with E-state index in [2.05, 4.69) is 12.2 Å². The summed E-state index contributed by atoms with van der Waals surface area (Å²) in [6, 6.07) is -0.544. The Morgan fingerprint density at radius 1 is 1.57 bits per heavy atom. The van der Waals surface area contributed by atoms with Crippen LogP contribution in [0.5, 0.6) is 0 Å². The molecule has 3 N–H and O–H groups in total. The lowest BCUT2D eigenvalue weighted by atomic mass is 10.0. The summed E-state index contributed by atoms with van der Waals surface area (Å²) in [6.07, 6.45) is 4.49. The zero-order valence-corrected chi connectivity index (χ0v) is 9.01. The molecule has 82 valence electrons. The van der Waals surface area contributed by atoms with Crippen LogP contribution in [0, 0.1) is 0 Å². The van der Waals surface area contributed by atoms with Gasteiger partial charge in [0.25, 0.3) is 0 Å². The van der Waals surface area contributed by atoms with E-state index in [0.717, 1.165) is 12.8 Å². The molecule has 0 spiro atoms. The first kappa shape index (κ1) is 11.5. The van der Waals surface area contributed by atoms with Crippen LogP contribution < -0.4 is 11.1 Å². The van der Waals surface area contributed by atoms with Gasteiger partial charge in [0.2, 0.25) is 5.91 Å². The van der Waals surface area contributed by atoms with Crippen LogP contribution in [0.4, 0.5) is 0 Å². The van der Waals surface area contributed by atoms with Crippen molar-refractivity contribution < 1.29 is 9.53 Å². The Morgan fingerprint density at radius 3 is 2.64 bits per heavy atom. The van der Waals surface area contributed by atoms with Crippen molar-refractivity contribution in [2.45, 2.75) is 44.2 Å². The molecule has 0 heterocycles. The topological polar surface area (TPSA) is 64.3 Å². The first-order chi connectivity index (χ1) is 6.57. The maximum atomic E-state index is 11.6. The number of methoxy groups -OCH3 is 1. The van der Waals surface area contributed by atoms with Crippen molar-refractivity contribution in [3.63, 3.8) is 0 Å². The minimum absolute atomic E-state index is 0.0392. The molecule has 1 aliphatic rings. The van der Waals surface area contributed by atoms with Crippen molar-refractivity contribution in [1.82, 2.24) is 5.32 Å². The quantitative estimate of drug-likeness (QED) is 0.691. The fourth-order valence-electron chi connectivity index (χ4n) is 1.93. The van der Waals surface area contributed by atoms with Crippen molar-refractivity contribution in [1.29, 1.82) is 0 Å². The van der Waals surface area contributed by atoms with E-state index in [4.69, 9.17) is 10.5 Å². The molecule has 1 fully saturated rings. The second-order valence-corrected chi connectivity index (χ2v) is 4.32. The average Bonchev–Trinajstić information content (AvgIpc) is 2.52. The van der Waals surface area contributed by atoms with Gasteiger partial charge in [-0.3, -0.25) is 4.79 Å². The molecule has 1 unspecified atom stereocenters. The molecule has 4 nitrogen and oxygen atoms in total. The molecule has 0 radical (unpaired) electrons.